The van der Waals surface area contributed by atoms with Crippen LogP contribution in [0.5, 0.6) is 5.75 Å². The molecule has 2 N–H and O–H groups in total. The summed E-state index contributed by atoms with van der Waals surface area (Å²) in [6, 6.07) is 12.3. The van der Waals surface area contributed by atoms with Crippen molar-refractivity contribution in [3.05, 3.63) is 59.9 Å². The quantitative estimate of drug-likeness (QED) is 0.814. The standard InChI is InChI=1S/C17H23N3O.2C2H6/c1-14-8-17(10-19-9-14)21-13-16(18)12-20(2)11-15-6-4-3-5-7-15;2*1-2/h3-10,16H,11-13,18H2,1-2H3;2*1-2H3. The van der Waals surface area contributed by atoms with Gasteiger partial charge in [0, 0.05) is 19.3 Å². The zero-order valence-corrected chi connectivity index (χ0v) is 16.7. The van der Waals surface area contributed by atoms with Gasteiger partial charge in [-0.25, -0.2) is 0 Å². The lowest BCUT2D eigenvalue weighted by Gasteiger charge is -2.21. The van der Waals surface area contributed by atoms with Crippen molar-refractivity contribution in [3.63, 3.8) is 0 Å². The van der Waals surface area contributed by atoms with Gasteiger partial charge in [-0.2, -0.15) is 0 Å². The smallest absolute Gasteiger partial charge is 0.137 e. The lowest BCUT2D eigenvalue weighted by molar-refractivity contribution is 0.232. The van der Waals surface area contributed by atoms with Crippen LogP contribution in [-0.2, 0) is 6.54 Å². The Morgan fingerprint density at radius 2 is 1.72 bits per heavy atom. The lowest BCUT2D eigenvalue weighted by atomic mass is 10.2. The summed E-state index contributed by atoms with van der Waals surface area (Å²) in [5, 5.41) is 0. The van der Waals surface area contributed by atoms with E-state index in [2.05, 4.69) is 41.2 Å². The molecule has 0 aliphatic rings. The number of nitrogens with zero attached hydrogens (tertiary/aromatic N) is 2. The molecule has 0 amide bonds. The van der Waals surface area contributed by atoms with Gasteiger partial charge in [0.2, 0.25) is 0 Å². The molecule has 0 aliphatic heterocycles. The Bertz CT molecular complexity index is 546. The molecule has 140 valence electrons. The molecule has 0 radical (unpaired) electrons. The highest BCUT2D eigenvalue weighted by Gasteiger charge is 2.08. The molecule has 0 saturated carbocycles. The van der Waals surface area contributed by atoms with Crippen LogP contribution in [0.3, 0.4) is 0 Å². The molecule has 4 heteroatoms. The average Bonchev–Trinajstić information content (AvgIpc) is 2.64. The maximum Gasteiger partial charge on any atom is 0.137 e. The molecule has 0 fully saturated rings. The first-order valence-corrected chi connectivity index (χ1v) is 9.16. The SMILES string of the molecule is CC.CC.Cc1cncc(OCC(N)CN(C)Cc2ccccc2)c1. The van der Waals surface area contributed by atoms with Crippen molar-refractivity contribution in [1.29, 1.82) is 0 Å². The maximum atomic E-state index is 6.13. The van der Waals surface area contributed by atoms with Crippen LogP contribution in [0.4, 0.5) is 0 Å². The molecular formula is C21H35N3O. The number of hydrogen-bond donors (Lipinski definition) is 1. The highest BCUT2D eigenvalue weighted by Crippen LogP contribution is 2.10. The van der Waals surface area contributed by atoms with E-state index < -0.39 is 0 Å². The Morgan fingerprint density at radius 1 is 1.08 bits per heavy atom. The molecule has 1 unspecified atom stereocenters. The van der Waals surface area contributed by atoms with Crippen LogP contribution < -0.4 is 10.5 Å². The van der Waals surface area contributed by atoms with E-state index in [4.69, 9.17) is 10.5 Å². The second kappa shape index (κ2) is 14.4. The Morgan fingerprint density at radius 3 is 2.32 bits per heavy atom. The normalized spacial score (nSPS) is 10.9. The number of benzene rings is 1. The Balaban J connectivity index is 0.00000134. The van der Waals surface area contributed by atoms with E-state index in [1.807, 2.05) is 46.8 Å². The van der Waals surface area contributed by atoms with Gasteiger partial charge in [0.15, 0.2) is 0 Å². The second-order valence-electron chi connectivity index (χ2n) is 5.45. The van der Waals surface area contributed by atoms with E-state index in [0.717, 1.165) is 24.4 Å². The van der Waals surface area contributed by atoms with Gasteiger partial charge in [-0.15, -0.1) is 0 Å². The fourth-order valence-corrected chi connectivity index (χ4v) is 2.22. The number of aromatic nitrogens is 1. The van der Waals surface area contributed by atoms with Gasteiger partial charge >= 0.3 is 0 Å². The number of nitrogens with two attached hydrogens (primary N) is 1. The van der Waals surface area contributed by atoms with Crippen LogP contribution >= 0.6 is 0 Å². The fraction of sp³-hybridized carbons (Fsp3) is 0.476. The van der Waals surface area contributed by atoms with Crippen molar-refractivity contribution in [1.82, 2.24) is 9.88 Å². The first kappa shape index (κ1) is 23.1. The highest BCUT2D eigenvalue weighted by molar-refractivity contribution is 5.22. The molecular weight excluding hydrogens is 310 g/mol. The van der Waals surface area contributed by atoms with Crippen molar-refractivity contribution in [2.75, 3.05) is 20.2 Å². The van der Waals surface area contributed by atoms with Gasteiger partial charge in [-0.05, 0) is 31.2 Å². The van der Waals surface area contributed by atoms with Crippen LogP contribution in [-0.4, -0.2) is 36.1 Å². The lowest BCUT2D eigenvalue weighted by Crippen LogP contribution is -2.39. The molecule has 1 aromatic carbocycles. The summed E-state index contributed by atoms with van der Waals surface area (Å²) < 4.78 is 5.69. The third-order valence-corrected chi connectivity index (χ3v) is 3.16. The van der Waals surface area contributed by atoms with Crippen LogP contribution in [0.25, 0.3) is 0 Å². The van der Waals surface area contributed by atoms with Crippen molar-refractivity contribution in [2.24, 2.45) is 5.73 Å². The molecule has 0 bridgehead atoms. The van der Waals surface area contributed by atoms with Crippen LogP contribution in [0.15, 0.2) is 48.8 Å². The van der Waals surface area contributed by atoms with Crippen LogP contribution in [0.1, 0.15) is 38.8 Å². The zero-order chi connectivity index (χ0) is 19.1. The number of rotatable bonds is 7. The van der Waals surface area contributed by atoms with Gasteiger partial charge in [-0.1, -0.05) is 58.0 Å². The largest absolute Gasteiger partial charge is 0.490 e. The number of pyridine rings is 1. The summed E-state index contributed by atoms with van der Waals surface area (Å²) in [4.78, 5) is 6.31. The Labute approximate surface area is 154 Å². The van der Waals surface area contributed by atoms with E-state index in [1.54, 1.807) is 12.4 Å². The van der Waals surface area contributed by atoms with Gasteiger partial charge in [-0.3, -0.25) is 4.98 Å². The monoisotopic (exact) mass is 345 g/mol. The maximum absolute atomic E-state index is 6.13. The summed E-state index contributed by atoms with van der Waals surface area (Å²) in [5.74, 6) is 0.774. The predicted octanol–water partition coefficient (Wildman–Crippen LogP) is 4.28. The molecule has 0 saturated heterocycles. The third-order valence-electron chi connectivity index (χ3n) is 3.16. The third kappa shape index (κ3) is 10.5. The zero-order valence-electron chi connectivity index (χ0n) is 16.7. The van der Waals surface area contributed by atoms with E-state index in [1.165, 1.54) is 5.56 Å². The first-order chi connectivity index (χ1) is 12.1. The second-order valence-corrected chi connectivity index (χ2v) is 5.45. The van der Waals surface area contributed by atoms with Crippen LogP contribution in [0.2, 0.25) is 0 Å². The molecule has 1 aromatic heterocycles. The first-order valence-electron chi connectivity index (χ1n) is 9.16. The van der Waals surface area contributed by atoms with Crippen molar-refractivity contribution >= 4 is 0 Å². The number of ether oxygens (including phenoxy) is 1. The van der Waals surface area contributed by atoms with E-state index in [0.29, 0.717) is 6.61 Å². The Hall–Kier alpha value is -1.91. The molecule has 1 heterocycles. The minimum Gasteiger partial charge on any atom is -0.490 e. The van der Waals surface area contributed by atoms with Gasteiger partial charge in [0.05, 0.1) is 12.2 Å². The van der Waals surface area contributed by atoms with Gasteiger partial charge < -0.3 is 15.4 Å². The summed E-state index contributed by atoms with van der Waals surface area (Å²) in [6.07, 6.45) is 3.52. The molecule has 2 rings (SSSR count). The van der Waals surface area contributed by atoms with E-state index >= 15 is 0 Å². The molecule has 0 spiro atoms. The molecule has 1 atom stereocenters. The van der Waals surface area contributed by atoms with E-state index in [9.17, 15) is 0 Å². The van der Waals surface area contributed by atoms with Gasteiger partial charge in [0.25, 0.3) is 0 Å². The highest BCUT2D eigenvalue weighted by atomic mass is 16.5. The molecule has 4 nitrogen and oxygen atoms in total. The van der Waals surface area contributed by atoms with Gasteiger partial charge in [0.1, 0.15) is 12.4 Å². The summed E-state index contributed by atoms with van der Waals surface area (Å²) in [7, 11) is 2.07. The number of aryl methyl sites for hydroxylation is 1. The molecule has 0 aliphatic carbocycles. The Kier molecular flexibility index (Phi) is 13.3. The van der Waals surface area contributed by atoms with Crippen molar-refractivity contribution < 1.29 is 4.74 Å². The number of likely N-dealkylation sites (N-methyl/N-ethyl adjacent to an activating group) is 1. The minimum absolute atomic E-state index is 0.0285. The number of hydrogen-bond acceptors (Lipinski definition) is 4. The fourth-order valence-electron chi connectivity index (χ4n) is 2.22. The average molecular weight is 346 g/mol. The summed E-state index contributed by atoms with van der Waals surface area (Å²) in [5.41, 5.74) is 8.50. The van der Waals surface area contributed by atoms with Crippen molar-refractivity contribution in [2.45, 2.75) is 47.2 Å². The predicted molar refractivity (Wildman–Crippen MR) is 108 cm³/mol. The minimum atomic E-state index is -0.0285. The topological polar surface area (TPSA) is 51.4 Å². The summed E-state index contributed by atoms with van der Waals surface area (Å²) in [6.45, 7) is 12.2. The molecule has 2 aromatic rings. The van der Waals surface area contributed by atoms with E-state index in [-0.39, 0.29) is 6.04 Å². The summed E-state index contributed by atoms with van der Waals surface area (Å²) >= 11 is 0. The molecule has 25 heavy (non-hydrogen) atoms. The van der Waals surface area contributed by atoms with Crippen molar-refractivity contribution in [3.8, 4) is 5.75 Å². The van der Waals surface area contributed by atoms with Crippen LogP contribution in [0, 0.1) is 6.92 Å².